The molecule has 4 atom stereocenters. The second-order valence-corrected chi connectivity index (χ2v) is 9.32. The molecule has 0 fully saturated rings. The Morgan fingerprint density at radius 1 is 0.465 bits per heavy atom. The molecule has 0 radical (unpaired) electrons. The van der Waals surface area contributed by atoms with Crippen molar-refractivity contribution < 1.29 is 42.9 Å². The Bertz CT molecular complexity index is 1520. The molecule has 0 unspecified atom stereocenters. The summed E-state index contributed by atoms with van der Waals surface area (Å²) in [6, 6.07) is 31.7. The third-order valence-corrected chi connectivity index (χ3v) is 6.30. The van der Waals surface area contributed by atoms with Crippen LogP contribution in [0.15, 0.2) is 121 Å². The molecule has 0 aromatic heterocycles. The third-order valence-electron chi connectivity index (χ3n) is 6.30. The number of hydrogen-bond donors (Lipinski definition) is 0. The normalized spacial score (nSPS) is 13.3. The number of aldehydes is 1. The Balaban J connectivity index is 1.72. The van der Waals surface area contributed by atoms with E-state index in [4.69, 9.17) is 18.9 Å². The summed E-state index contributed by atoms with van der Waals surface area (Å²) in [5.74, 6) is -3.39. The highest BCUT2D eigenvalue weighted by atomic mass is 16.6. The second-order valence-electron chi connectivity index (χ2n) is 9.32. The van der Waals surface area contributed by atoms with Gasteiger partial charge in [0.2, 0.25) is 0 Å². The number of benzene rings is 4. The minimum absolute atomic E-state index is 0.119. The summed E-state index contributed by atoms with van der Waals surface area (Å²) < 4.78 is 22.6. The molecule has 43 heavy (non-hydrogen) atoms. The summed E-state index contributed by atoms with van der Waals surface area (Å²) in [5, 5.41) is 0. The molecule has 9 nitrogen and oxygen atoms in total. The number of carbonyl (C=O) groups excluding carboxylic acids is 5. The van der Waals surface area contributed by atoms with E-state index >= 15 is 0 Å². The molecule has 0 N–H and O–H groups in total. The van der Waals surface area contributed by atoms with E-state index in [1.54, 1.807) is 72.8 Å². The van der Waals surface area contributed by atoms with Crippen LogP contribution in [0.5, 0.6) is 0 Å². The third kappa shape index (κ3) is 8.23. The minimum atomic E-state index is -1.76. The molecule has 0 amide bonds. The summed E-state index contributed by atoms with van der Waals surface area (Å²) in [6.45, 7) is 1.41. The van der Waals surface area contributed by atoms with Crippen molar-refractivity contribution in [3.05, 3.63) is 144 Å². The maximum absolute atomic E-state index is 13.2. The lowest BCUT2D eigenvalue weighted by Crippen LogP contribution is -2.51. The van der Waals surface area contributed by atoms with Crippen molar-refractivity contribution in [1.82, 2.24) is 0 Å². The van der Waals surface area contributed by atoms with E-state index in [2.05, 4.69) is 0 Å². The molecule has 0 aliphatic rings. The SMILES string of the molecule is C[C@H](OC(=O)c1ccccc1)[C@H](OC(=O)c1ccccc1)[C@@H](OC(=O)c1ccccc1)[C@H](C=O)OC(=O)c1ccccc1. The van der Waals surface area contributed by atoms with Crippen molar-refractivity contribution in [2.45, 2.75) is 31.3 Å². The van der Waals surface area contributed by atoms with Crippen LogP contribution in [0.25, 0.3) is 0 Å². The Kier molecular flexibility index (Phi) is 10.5. The molecular weight excluding hydrogens is 552 g/mol. The Morgan fingerprint density at radius 2 is 0.767 bits per heavy atom. The lowest BCUT2D eigenvalue weighted by atomic mass is 10.0. The van der Waals surface area contributed by atoms with Crippen molar-refractivity contribution in [3.63, 3.8) is 0 Å². The Labute approximate surface area is 248 Å². The van der Waals surface area contributed by atoms with E-state index in [1.165, 1.54) is 55.5 Å². The number of rotatable bonds is 12. The molecule has 0 spiro atoms. The largest absolute Gasteiger partial charge is 0.455 e. The zero-order chi connectivity index (χ0) is 30.6. The fourth-order valence-corrected chi connectivity index (χ4v) is 4.10. The van der Waals surface area contributed by atoms with Crippen LogP contribution in [-0.4, -0.2) is 54.6 Å². The monoisotopic (exact) mass is 580 g/mol. The van der Waals surface area contributed by atoms with Gasteiger partial charge in [0.05, 0.1) is 22.3 Å². The standard InChI is InChI=1S/C34H28O9/c1-23(40-31(36)24-14-6-2-7-15-24)29(42-33(38)26-18-10-4-11-19-26)30(43-34(39)27-20-12-5-13-21-27)28(22-35)41-32(37)25-16-8-3-9-17-25/h2-23,28-30H,1H3/t23-,28-,29-,30-/m0/s1. The highest BCUT2D eigenvalue weighted by Crippen LogP contribution is 2.22. The van der Waals surface area contributed by atoms with Gasteiger partial charge in [-0.2, -0.15) is 0 Å². The van der Waals surface area contributed by atoms with Crippen LogP contribution in [0.3, 0.4) is 0 Å². The van der Waals surface area contributed by atoms with Crippen LogP contribution < -0.4 is 0 Å². The van der Waals surface area contributed by atoms with Crippen LogP contribution in [0.2, 0.25) is 0 Å². The molecule has 4 rings (SSSR count). The molecule has 4 aromatic carbocycles. The van der Waals surface area contributed by atoms with E-state index in [1.807, 2.05) is 0 Å². The first-order valence-electron chi connectivity index (χ1n) is 13.4. The van der Waals surface area contributed by atoms with Gasteiger partial charge in [0.15, 0.2) is 24.6 Å². The van der Waals surface area contributed by atoms with Crippen molar-refractivity contribution in [3.8, 4) is 0 Å². The van der Waals surface area contributed by atoms with E-state index < -0.39 is 48.3 Å². The molecule has 9 heteroatoms. The average Bonchev–Trinajstić information content (AvgIpc) is 3.06. The average molecular weight is 581 g/mol. The van der Waals surface area contributed by atoms with Crippen LogP contribution >= 0.6 is 0 Å². The van der Waals surface area contributed by atoms with Gasteiger partial charge in [-0.25, -0.2) is 19.2 Å². The molecule has 4 aromatic rings. The van der Waals surface area contributed by atoms with Crippen LogP contribution in [0, 0.1) is 0 Å². The van der Waals surface area contributed by atoms with Crippen molar-refractivity contribution in [2.75, 3.05) is 0 Å². The van der Waals surface area contributed by atoms with E-state index in [0.717, 1.165) is 0 Å². The first-order valence-corrected chi connectivity index (χ1v) is 13.4. The molecular formula is C34H28O9. The Hall–Kier alpha value is -5.57. The molecule has 0 aliphatic carbocycles. The quantitative estimate of drug-likeness (QED) is 0.128. The number of carbonyl (C=O) groups is 5. The number of esters is 4. The van der Waals surface area contributed by atoms with E-state index in [9.17, 15) is 24.0 Å². The topological polar surface area (TPSA) is 122 Å². The maximum Gasteiger partial charge on any atom is 0.338 e. The lowest BCUT2D eigenvalue weighted by Gasteiger charge is -2.33. The first-order chi connectivity index (χ1) is 20.9. The number of hydrogen-bond acceptors (Lipinski definition) is 9. The fraction of sp³-hybridized carbons (Fsp3) is 0.147. The second kappa shape index (κ2) is 14.9. The van der Waals surface area contributed by atoms with Gasteiger partial charge in [-0.1, -0.05) is 72.8 Å². The van der Waals surface area contributed by atoms with Gasteiger partial charge < -0.3 is 18.9 Å². The van der Waals surface area contributed by atoms with Gasteiger partial charge >= 0.3 is 23.9 Å². The van der Waals surface area contributed by atoms with Crippen LogP contribution in [0.4, 0.5) is 0 Å². The highest BCUT2D eigenvalue weighted by Gasteiger charge is 2.43. The smallest absolute Gasteiger partial charge is 0.338 e. The van der Waals surface area contributed by atoms with Gasteiger partial charge in [-0.15, -0.1) is 0 Å². The molecule has 0 heterocycles. The fourth-order valence-electron chi connectivity index (χ4n) is 4.10. The zero-order valence-electron chi connectivity index (χ0n) is 23.1. The molecule has 0 bridgehead atoms. The van der Waals surface area contributed by atoms with E-state index in [-0.39, 0.29) is 28.5 Å². The molecule has 0 aliphatic heterocycles. The van der Waals surface area contributed by atoms with Crippen LogP contribution in [-0.2, 0) is 23.7 Å². The molecule has 0 saturated carbocycles. The highest BCUT2D eigenvalue weighted by molar-refractivity contribution is 5.92. The predicted molar refractivity (Wildman–Crippen MR) is 154 cm³/mol. The summed E-state index contributed by atoms with van der Waals surface area (Å²) >= 11 is 0. The summed E-state index contributed by atoms with van der Waals surface area (Å²) in [5.41, 5.74) is 0.603. The molecule has 218 valence electrons. The van der Waals surface area contributed by atoms with Gasteiger partial charge in [0.25, 0.3) is 0 Å². The van der Waals surface area contributed by atoms with Crippen molar-refractivity contribution in [2.24, 2.45) is 0 Å². The first kappa shape index (κ1) is 30.4. The van der Waals surface area contributed by atoms with Gasteiger partial charge in [0, 0.05) is 0 Å². The lowest BCUT2D eigenvalue weighted by molar-refractivity contribution is -0.137. The zero-order valence-corrected chi connectivity index (χ0v) is 23.1. The Morgan fingerprint density at radius 3 is 1.12 bits per heavy atom. The van der Waals surface area contributed by atoms with Gasteiger partial charge in [-0.3, -0.25) is 4.79 Å². The minimum Gasteiger partial charge on any atom is -0.455 e. The van der Waals surface area contributed by atoms with Crippen molar-refractivity contribution in [1.29, 1.82) is 0 Å². The maximum atomic E-state index is 13.2. The predicted octanol–water partition coefficient (Wildman–Crippen LogP) is 5.11. The van der Waals surface area contributed by atoms with Gasteiger partial charge in [-0.05, 0) is 55.5 Å². The van der Waals surface area contributed by atoms with Gasteiger partial charge in [0.1, 0.15) is 6.10 Å². The summed E-state index contributed by atoms with van der Waals surface area (Å²) in [7, 11) is 0. The van der Waals surface area contributed by atoms with Crippen molar-refractivity contribution >= 4 is 30.2 Å². The van der Waals surface area contributed by atoms with Crippen LogP contribution in [0.1, 0.15) is 48.4 Å². The molecule has 0 saturated heterocycles. The number of ether oxygens (including phenoxy) is 4. The summed E-state index contributed by atoms with van der Waals surface area (Å²) in [4.78, 5) is 64.8. The summed E-state index contributed by atoms with van der Waals surface area (Å²) in [6.07, 6.45) is -6.09. The van der Waals surface area contributed by atoms with E-state index in [0.29, 0.717) is 0 Å².